The lowest BCUT2D eigenvalue weighted by Gasteiger charge is -2.27. The minimum absolute atomic E-state index is 0.281. The van der Waals surface area contributed by atoms with Crippen LogP contribution >= 0.6 is 0 Å². The predicted octanol–water partition coefficient (Wildman–Crippen LogP) is 3.56. The van der Waals surface area contributed by atoms with E-state index in [1.807, 2.05) is 49.4 Å². The molecule has 4 aromatic rings. The molecule has 0 radical (unpaired) electrons. The first-order valence-corrected chi connectivity index (χ1v) is 12.3. The Hall–Kier alpha value is -4.28. The number of amidine groups is 1. The number of fused-ring (bicyclic) bond motifs is 1. The number of nitrogens with zero attached hydrogens (tertiary/aromatic N) is 2. The number of H-pyrrole nitrogens is 1. The number of carbonyl (C=O) groups is 1. The van der Waals surface area contributed by atoms with Crippen molar-refractivity contribution in [3.05, 3.63) is 95.3 Å². The molecule has 2 atom stereocenters. The van der Waals surface area contributed by atoms with Crippen molar-refractivity contribution in [3.8, 4) is 5.75 Å². The van der Waals surface area contributed by atoms with E-state index in [9.17, 15) is 9.00 Å². The molecule has 0 aliphatic carbocycles. The highest BCUT2D eigenvalue weighted by molar-refractivity contribution is 7.82. The molecule has 0 saturated heterocycles. The van der Waals surface area contributed by atoms with Crippen molar-refractivity contribution >= 4 is 39.3 Å². The van der Waals surface area contributed by atoms with E-state index in [4.69, 9.17) is 14.9 Å². The van der Waals surface area contributed by atoms with Crippen molar-refractivity contribution in [2.24, 2.45) is 10.1 Å². The van der Waals surface area contributed by atoms with Gasteiger partial charge in [-0.2, -0.15) is 5.10 Å². The van der Waals surface area contributed by atoms with Gasteiger partial charge < -0.3 is 15.4 Å². The molecule has 9 nitrogen and oxygen atoms in total. The van der Waals surface area contributed by atoms with Crippen molar-refractivity contribution in [2.75, 3.05) is 12.4 Å². The second-order valence-corrected chi connectivity index (χ2v) is 9.33. The Morgan fingerprint density at radius 3 is 2.53 bits per heavy atom. The maximum atomic E-state index is 13.6. The molecule has 0 spiro atoms. The molecule has 36 heavy (non-hydrogen) atoms. The van der Waals surface area contributed by atoms with Crippen molar-refractivity contribution in [3.63, 3.8) is 0 Å². The molecule has 1 aliphatic heterocycles. The number of hydrogen-bond donors (Lipinski definition) is 4. The van der Waals surface area contributed by atoms with Crippen LogP contribution in [0.4, 0.5) is 5.69 Å². The summed E-state index contributed by atoms with van der Waals surface area (Å²) in [5.41, 5.74) is 4.30. The highest BCUT2D eigenvalue weighted by Gasteiger charge is 2.30. The third-order valence-corrected chi connectivity index (χ3v) is 6.71. The number of hydrogen-bond acceptors (Lipinski definition) is 6. The number of aromatic amines is 1. The van der Waals surface area contributed by atoms with E-state index in [2.05, 4.69) is 20.8 Å². The van der Waals surface area contributed by atoms with E-state index in [-0.39, 0.29) is 5.91 Å². The van der Waals surface area contributed by atoms with Crippen LogP contribution < -0.4 is 20.5 Å². The number of aromatic nitrogens is 2. The van der Waals surface area contributed by atoms with Crippen LogP contribution in [0.25, 0.3) is 10.9 Å². The van der Waals surface area contributed by atoms with Crippen LogP contribution in [0.2, 0.25) is 0 Å². The zero-order valence-electron chi connectivity index (χ0n) is 19.6. The summed E-state index contributed by atoms with van der Waals surface area (Å²) in [5.74, 6) is 1.08. The van der Waals surface area contributed by atoms with Crippen molar-refractivity contribution in [2.45, 2.75) is 17.9 Å². The highest BCUT2D eigenvalue weighted by atomic mass is 32.2. The average Bonchev–Trinajstić information content (AvgIpc) is 3.36. The topological polar surface area (TPSA) is 134 Å². The van der Waals surface area contributed by atoms with Gasteiger partial charge in [-0.25, -0.2) is 9.35 Å². The van der Waals surface area contributed by atoms with Gasteiger partial charge in [0, 0.05) is 22.3 Å². The number of anilines is 1. The molecule has 5 rings (SSSR count). The fraction of sp³-hybridized carbons (Fsp3) is 0.115. The Bertz CT molecular complexity index is 1520. The summed E-state index contributed by atoms with van der Waals surface area (Å²) in [6.45, 7) is 1.85. The lowest BCUT2D eigenvalue weighted by molar-refractivity contribution is -0.113. The fourth-order valence-electron chi connectivity index (χ4n) is 4.11. The molecule has 1 aromatic heterocycles. The summed E-state index contributed by atoms with van der Waals surface area (Å²) in [6.07, 6.45) is 1.70. The van der Waals surface area contributed by atoms with E-state index in [1.54, 1.807) is 37.6 Å². The fourth-order valence-corrected chi connectivity index (χ4v) is 4.51. The minimum Gasteiger partial charge on any atom is -0.497 e. The second kappa shape index (κ2) is 9.76. The van der Waals surface area contributed by atoms with Gasteiger partial charge in [-0.05, 0) is 67.1 Å². The first-order chi connectivity index (χ1) is 17.4. The average molecular weight is 501 g/mol. The van der Waals surface area contributed by atoms with E-state index in [0.29, 0.717) is 27.7 Å². The summed E-state index contributed by atoms with van der Waals surface area (Å²) in [4.78, 5) is 19.0. The summed E-state index contributed by atoms with van der Waals surface area (Å²) < 4.78 is 16.9. The van der Waals surface area contributed by atoms with Crippen molar-refractivity contribution in [1.29, 1.82) is 0 Å². The lowest BCUT2D eigenvalue weighted by Crippen LogP contribution is -2.34. The molecular weight excluding hydrogens is 476 g/mol. The van der Waals surface area contributed by atoms with Crippen LogP contribution in [0.15, 0.2) is 94.1 Å². The Kier molecular flexibility index (Phi) is 6.36. The molecule has 182 valence electrons. The largest absolute Gasteiger partial charge is 0.497 e. The summed E-state index contributed by atoms with van der Waals surface area (Å²) in [7, 11) is 0.0122. The number of nitrogens with two attached hydrogens (primary N) is 1. The minimum atomic E-state index is -1.60. The molecule has 1 aliphatic rings. The van der Waals surface area contributed by atoms with Crippen molar-refractivity contribution in [1.82, 2.24) is 15.5 Å². The molecule has 0 fully saturated rings. The zero-order valence-corrected chi connectivity index (χ0v) is 20.4. The van der Waals surface area contributed by atoms with Crippen LogP contribution in [-0.2, 0) is 15.8 Å². The van der Waals surface area contributed by atoms with Crippen molar-refractivity contribution < 1.29 is 13.7 Å². The first-order valence-electron chi connectivity index (χ1n) is 11.1. The number of nitrogens with one attached hydrogen (secondary N) is 3. The van der Waals surface area contributed by atoms with E-state index in [1.165, 1.54) is 0 Å². The van der Waals surface area contributed by atoms with Crippen LogP contribution in [-0.4, -0.2) is 33.3 Å². The molecular formula is C26H24N6O3S. The van der Waals surface area contributed by atoms with Crippen LogP contribution in [0.5, 0.6) is 5.75 Å². The number of ether oxygens (including phenoxy) is 1. The van der Waals surface area contributed by atoms with Crippen LogP contribution in [0.3, 0.4) is 0 Å². The van der Waals surface area contributed by atoms with Gasteiger partial charge in [-0.15, -0.1) is 0 Å². The van der Waals surface area contributed by atoms with Gasteiger partial charge in [0.15, 0.2) is 0 Å². The Labute approximate surface area is 210 Å². The number of aliphatic imine (C=N–C) groups is 1. The van der Waals surface area contributed by atoms with Gasteiger partial charge in [0.05, 0.1) is 29.3 Å². The molecule has 0 saturated carbocycles. The number of rotatable bonds is 6. The highest BCUT2D eigenvalue weighted by Crippen LogP contribution is 2.33. The summed E-state index contributed by atoms with van der Waals surface area (Å²) in [6, 6.07) is 19.4. The second-order valence-electron chi connectivity index (χ2n) is 8.27. The van der Waals surface area contributed by atoms with E-state index < -0.39 is 17.0 Å². The zero-order chi connectivity index (χ0) is 25.2. The smallest absolute Gasteiger partial charge is 0.255 e. The maximum Gasteiger partial charge on any atom is 0.255 e. The van der Waals surface area contributed by atoms with Gasteiger partial charge in [0.2, 0.25) is 0 Å². The van der Waals surface area contributed by atoms with Gasteiger partial charge in [0.1, 0.15) is 28.6 Å². The standard InChI is InChI=1S/C26H24N6O3S/c1-15-23(26(33)30-19-7-12-22-18(13-19)14-28-32-22)24(16-5-10-21(11-6-16)36(27)34)31-25(29-15)17-3-8-20(35-2)9-4-17/h3-14,24H,27H2,1-2H3,(H,28,32)(H,29,31)(H,30,33). The number of amides is 1. The molecule has 5 N–H and O–H groups in total. The monoisotopic (exact) mass is 500 g/mol. The molecule has 10 heteroatoms. The Morgan fingerprint density at radius 1 is 1.08 bits per heavy atom. The normalized spacial score (nSPS) is 16.3. The number of benzene rings is 3. The van der Waals surface area contributed by atoms with Gasteiger partial charge in [-0.1, -0.05) is 12.1 Å². The molecule has 2 unspecified atom stereocenters. The number of carbonyl (C=O) groups excluding carboxylic acids is 1. The number of allylic oxidation sites excluding steroid dienone is 1. The van der Waals surface area contributed by atoms with E-state index in [0.717, 1.165) is 27.8 Å². The summed E-state index contributed by atoms with van der Waals surface area (Å²) >= 11 is 0. The van der Waals surface area contributed by atoms with Gasteiger partial charge >= 0.3 is 0 Å². The summed E-state index contributed by atoms with van der Waals surface area (Å²) in [5, 5.41) is 19.6. The van der Waals surface area contributed by atoms with Crippen LogP contribution in [0, 0.1) is 0 Å². The lowest BCUT2D eigenvalue weighted by atomic mass is 9.94. The SMILES string of the molecule is COc1ccc(C2=NC(c3ccc(S(N)=O)cc3)C(C(=O)Nc3ccc4[nH]ncc4c3)=C(C)N2)cc1. The first kappa shape index (κ1) is 23.5. The third-order valence-electron chi connectivity index (χ3n) is 5.98. The maximum absolute atomic E-state index is 13.6. The molecule has 1 amide bonds. The van der Waals surface area contributed by atoms with E-state index >= 15 is 0 Å². The molecule has 3 aromatic carbocycles. The van der Waals surface area contributed by atoms with Crippen LogP contribution in [0.1, 0.15) is 24.1 Å². The predicted molar refractivity (Wildman–Crippen MR) is 140 cm³/mol. The van der Waals surface area contributed by atoms with Gasteiger partial charge in [-0.3, -0.25) is 14.9 Å². The third kappa shape index (κ3) is 4.64. The quantitative estimate of drug-likeness (QED) is 0.321. The van der Waals surface area contributed by atoms with Gasteiger partial charge in [0.25, 0.3) is 5.91 Å². The Morgan fingerprint density at radius 2 is 1.83 bits per heavy atom. The Balaban J connectivity index is 1.52. The molecule has 2 heterocycles. The number of methoxy groups -OCH3 is 1. The molecule has 0 bridgehead atoms.